The number of piperazine rings is 1. The average Bonchev–Trinajstić information content (AvgIpc) is 2.79. The third-order valence-corrected chi connectivity index (χ3v) is 5.58. The highest BCUT2D eigenvalue weighted by Crippen LogP contribution is 2.21. The second kappa shape index (κ2) is 9.67. The van der Waals surface area contributed by atoms with Gasteiger partial charge in [0.15, 0.2) is 0 Å². The number of nitrogens with one attached hydrogen (secondary N) is 1. The Morgan fingerprint density at radius 3 is 2.42 bits per heavy atom. The van der Waals surface area contributed by atoms with Crippen LogP contribution in [-0.4, -0.2) is 44.0 Å². The molecule has 1 heterocycles. The molecule has 1 aliphatic heterocycles. The molecule has 1 aliphatic rings. The second-order valence-electron chi connectivity index (χ2n) is 8.10. The fourth-order valence-corrected chi connectivity index (χ4v) is 3.72. The van der Waals surface area contributed by atoms with Gasteiger partial charge in [-0.3, -0.25) is 4.79 Å². The van der Waals surface area contributed by atoms with Crippen molar-refractivity contribution >= 4 is 17.3 Å². The number of rotatable bonds is 6. The van der Waals surface area contributed by atoms with Crippen molar-refractivity contribution < 1.29 is 9.53 Å². The lowest BCUT2D eigenvalue weighted by Crippen LogP contribution is -2.44. The molecule has 5 heteroatoms. The van der Waals surface area contributed by atoms with Crippen molar-refractivity contribution in [1.29, 1.82) is 0 Å². The van der Waals surface area contributed by atoms with Gasteiger partial charge in [0.05, 0.1) is 0 Å². The Bertz CT molecular complexity index is 1020. The number of benzene rings is 3. The zero-order chi connectivity index (χ0) is 21.6. The standard InChI is InChI=1S/C26H29N3O2/c1-20-5-3-6-21(17-20)19-31-25-8-4-7-22(18-25)26(30)27-23-9-11-24(12-10-23)29-15-13-28(2)14-16-29/h3-12,17-18H,13-16,19H2,1-2H3,(H,27,30). The molecule has 0 aliphatic carbocycles. The first-order chi connectivity index (χ1) is 15.1. The van der Waals surface area contributed by atoms with E-state index >= 15 is 0 Å². The van der Waals surface area contributed by atoms with E-state index in [1.165, 1.54) is 11.3 Å². The van der Waals surface area contributed by atoms with Gasteiger partial charge in [0, 0.05) is 43.1 Å². The fourth-order valence-electron chi connectivity index (χ4n) is 3.72. The summed E-state index contributed by atoms with van der Waals surface area (Å²) in [4.78, 5) is 17.4. The lowest BCUT2D eigenvalue weighted by molar-refractivity contribution is 0.102. The topological polar surface area (TPSA) is 44.8 Å². The van der Waals surface area contributed by atoms with Crippen LogP contribution >= 0.6 is 0 Å². The van der Waals surface area contributed by atoms with Crippen molar-refractivity contribution in [3.63, 3.8) is 0 Å². The van der Waals surface area contributed by atoms with Crippen molar-refractivity contribution in [3.05, 3.63) is 89.5 Å². The van der Waals surface area contributed by atoms with Crippen LogP contribution in [0.2, 0.25) is 0 Å². The summed E-state index contributed by atoms with van der Waals surface area (Å²) in [6, 6.07) is 23.6. The molecular formula is C26H29N3O2. The van der Waals surface area contributed by atoms with Crippen LogP contribution in [0.5, 0.6) is 5.75 Å². The van der Waals surface area contributed by atoms with E-state index in [0.717, 1.165) is 37.4 Å². The molecule has 0 spiro atoms. The molecule has 5 nitrogen and oxygen atoms in total. The molecule has 4 rings (SSSR count). The second-order valence-corrected chi connectivity index (χ2v) is 8.10. The number of ether oxygens (including phenoxy) is 1. The average molecular weight is 416 g/mol. The molecule has 31 heavy (non-hydrogen) atoms. The molecular weight excluding hydrogens is 386 g/mol. The maximum absolute atomic E-state index is 12.7. The van der Waals surface area contributed by atoms with Crippen molar-refractivity contribution in [2.75, 3.05) is 43.4 Å². The van der Waals surface area contributed by atoms with Crippen molar-refractivity contribution in [2.45, 2.75) is 13.5 Å². The molecule has 1 saturated heterocycles. The number of likely N-dealkylation sites (N-methyl/N-ethyl adjacent to an activating group) is 1. The van der Waals surface area contributed by atoms with Gasteiger partial charge in [0.1, 0.15) is 12.4 Å². The zero-order valence-electron chi connectivity index (χ0n) is 18.2. The van der Waals surface area contributed by atoms with E-state index in [1.54, 1.807) is 12.1 Å². The summed E-state index contributed by atoms with van der Waals surface area (Å²) >= 11 is 0. The van der Waals surface area contributed by atoms with Crippen LogP contribution in [0.4, 0.5) is 11.4 Å². The summed E-state index contributed by atoms with van der Waals surface area (Å²) in [5.41, 5.74) is 4.86. The first-order valence-corrected chi connectivity index (χ1v) is 10.7. The SMILES string of the molecule is Cc1cccc(COc2cccc(C(=O)Nc3ccc(N4CCN(C)CC4)cc3)c2)c1. The number of anilines is 2. The minimum atomic E-state index is -0.145. The predicted molar refractivity (Wildman–Crippen MR) is 126 cm³/mol. The number of carbonyl (C=O) groups excluding carboxylic acids is 1. The molecule has 0 aromatic heterocycles. The molecule has 3 aromatic carbocycles. The Kier molecular flexibility index (Phi) is 6.53. The summed E-state index contributed by atoms with van der Waals surface area (Å²) in [6.45, 7) is 6.73. The van der Waals surface area contributed by atoms with Gasteiger partial charge in [-0.2, -0.15) is 0 Å². The third-order valence-electron chi connectivity index (χ3n) is 5.58. The Hall–Kier alpha value is -3.31. The fraction of sp³-hybridized carbons (Fsp3) is 0.269. The quantitative estimate of drug-likeness (QED) is 0.640. The van der Waals surface area contributed by atoms with Gasteiger partial charge in [-0.1, -0.05) is 35.9 Å². The van der Waals surface area contributed by atoms with Crippen LogP contribution in [0.1, 0.15) is 21.5 Å². The van der Waals surface area contributed by atoms with E-state index in [-0.39, 0.29) is 5.91 Å². The molecule has 0 unspecified atom stereocenters. The van der Waals surface area contributed by atoms with Gasteiger partial charge in [0.25, 0.3) is 5.91 Å². The molecule has 1 fully saturated rings. The first kappa shape index (κ1) is 20.9. The van der Waals surface area contributed by atoms with Crippen LogP contribution in [0.15, 0.2) is 72.8 Å². The molecule has 1 N–H and O–H groups in total. The number of carbonyl (C=O) groups is 1. The number of hydrogen-bond donors (Lipinski definition) is 1. The summed E-state index contributed by atoms with van der Waals surface area (Å²) in [5.74, 6) is 0.535. The summed E-state index contributed by atoms with van der Waals surface area (Å²) in [5, 5.41) is 2.98. The smallest absolute Gasteiger partial charge is 0.255 e. The summed E-state index contributed by atoms with van der Waals surface area (Å²) in [6.07, 6.45) is 0. The number of amides is 1. The third kappa shape index (κ3) is 5.64. The Labute approximate surface area is 184 Å². The van der Waals surface area contributed by atoms with Crippen LogP contribution < -0.4 is 15.0 Å². The Balaban J connectivity index is 1.35. The van der Waals surface area contributed by atoms with Crippen LogP contribution in [0.25, 0.3) is 0 Å². The minimum Gasteiger partial charge on any atom is -0.489 e. The summed E-state index contributed by atoms with van der Waals surface area (Å²) < 4.78 is 5.89. The van der Waals surface area contributed by atoms with Crippen LogP contribution in [0.3, 0.4) is 0 Å². The first-order valence-electron chi connectivity index (χ1n) is 10.7. The highest BCUT2D eigenvalue weighted by atomic mass is 16.5. The van der Waals surface area contributed by atoms with Crippen molar-refractivity contribution in [2.24, 2.45) is 0 Å². The molecule has 0 saturated carbocycles. The normalized spacial score (nSPS) is 14.3. The van der Waals surface area contributed by atoms with E-state index in [9.17, 15) is 4.79 Å². The lowest BCUT2D eigenvalue weighted by Gasteiger charge is -2.34. The molecule has 3 aromatic rings. The maximum Gasteiger partial charge on any atom is 0.255 e. The van der Waals surface area contributed by atoms with E-state index in [0.29, 0.717) is 17.9 Å². The van der Waals surface area contributed by atoms with E-state index in [4.69, 9.17) is 4.74 Å². The predicted octanol–water partition coefficient (Wildman–Crippen LogP) is 4.58. The van der Waals surface area contributed by atoms with Crippen LogP contribution in [-0.2, 0) is 6.61 Å². The van der Waals surface area contributed by atoms with Gasteiger partial charge in [-0.25, -0.2) is 0 Å². The lowest BCUT2D eigenvalue weighted by atomic mass is 10.1. The van der Waals surface area contributed by atoms with E-state index in [2.05, 4.69) is 53.4 Å². The maximum atomic E-state index is 12.7. The Morgan fingerprint density at radius 1 is 0.935 bits per heavy atom. The minimum absolute atomic E-state index is 0.145. The molecule has 0 bridgehead atoms. The molecule has 160 valence electrons. The monoisotopic (exact) mass is 415 g/mol. The number of aryl methyl sites for hydroxylation is 1. The molecule has 0 radical (unpaired) electrons. The van der Waals surface area contributed by atoms with E-state index < -0.39 is 0 Å². The largest absolute Gasteiger partial charge is 0.489 e. The van der Waals surface area contributed by atoms with Gasteiger partial charge in [-0.15, -0.1) is 0 Å². The van der Waals surface area contributed by atoms with Crippen molar-refractivity contribution in [3.8, 4) is 5.75 Å². The zero-order valence-corrected chi connectivity index (χ0v) is 18.2. The highest BCUT2D eigenvalue weighted by Gasteiger charge is 2.14. The number of hydrogen-bond acceptors (Lipinski definition) is 4. The van der Waals surface area contributed by atoms with Gasteiger partial charge < -0.3 is 19.9 Å². The Morgan fingerprint density at radius 2 is 1.68 bits per heavy atom. The highest BCUT2D eigenvalue weighted by molar-refractivity contribution is 6.04. The molecule has 1 amide bonds. The van der Waals surface area contributed by atoms with Gasteiger partial charge >= 0.3 is 0 Å². The molecule has 0 atom stereocenters. The van der Waals surface area contributed by atoms with Crippen LogP contribution in [0, 0.1) is 6.92 Å². The van der Waals surface area contributed by atoms with E-state index in [1.807, 2.05) is 36.4 Å². The van der Waals surface area contributed by atoms with Crippen molar-refractivity contribution in [1.82, 2.24) is 4.90 Å². The summed E-state index contributed by atoms with van der Waals surface area (Å²) in [7, 11) is 2.15. The number of nitrogens with zero attached hydrogens (tertiary/aromatic N) is 2. The van der Waals surface area contributed by atoms with Gasteiger partial charge in [-0.05, 0) is 62.0 Å². The van der Waals surface area contributed by atoms with Gasteiger partial charge in [0.2, 0.25) is 0 Å².